The van der Waals surface area contributed by atoms with Crippen LogP contribution in [0.15, 0.2) is 18.2 Å². The molecule has 18 heavy (non-hydrogen) atoms. The van der Waals surface area contributed by atoms with Crippen LogP contribution in [0.1, 0.15) is 26.2 Å². The van der Waals surface area contributed by atoms with Crippen LogP contribution in [0.4, 0.5) is 10.1 Å². The second-order valence-corrected chi connectivity index (χ2v) is 5.25. The normalized spacial score (nSPS) is 17.2. The van der Waals surface area contributed by atoms with Gasteiger partial charge in [-0.15, -0.1) is 0 Å². The topological polar surface area (TPSA) is 15.3 Å². The highest BCUT2D eigenvalue weighted by molar-refractivity contribution is 6.30. The van der Waals surface area contributed by atoms with Crippen LogP contribution >= 0.6 is 11.6 Å². The number of halogens is 2. The first-order valence-corrected chi connectivity index (χ1v) is 7.02. The largest absolute Gasteiger partial charge is 0.369 e. The van der Waals surface area contributed by atoms with E-state index < -0.39 is 0 Å². The summed E-state index contributed by atoms with van der Waals surface area (Å²) in [4.78, 5) is 2.11. The van der Waals surface area contributed by atoms with Gasteiger partial charge in [-0.2, -0.15) is 0 Å². The molecule has 1 aromatic carbocycles. The maximum absolute atomic E-state index is 13.8. The zero-order valence-corrected chi connectivity index (χ0v) is 11.5. The minimum atomic E-state index is -0.220. The van der Waals surface area contributed by atoms with E-state index in [-0.39, 0.29) is 5.82 Å². The Balaban J connectivity index is 1.93. The van der Waals surface area contributed by atoms with Gasteiger partial charge in [-0.05, 0) is 44.0 Å². The SMILES string of the molecule is CCCNC1CCN(c2ccc(Cl)cc2F)CC1. The molecule has 1 N–H and O–H groups in total. The van der Waals surface area contributed by atoms with Gasteiger partial charge in [0.05, 0.1) is 5.69 Å². The fourth-order valence-electron chi connectivity index (χ4n) is 2.41. The first-order valence-electron chi connectivity index (χ1n) is 6.64. The molecule has 0 radical (unpaired) electrons. The maximum atomic E-state index is 13.8. The number of hydrogen-bond donors (Lipinski definition) is 1. The van der Waals surface area contributed by atoms with Gasteiger partial charge in [0.1, 0.15) is 5.82 Å². The van der Waals surface area contributed by atoms with E-state index in [4.69, 9.17) is 11.6 Å². The molecule has 1 aliphatic heterocycles. The van der Waals surface area contributed by atoms with Crippen LogP contribution in [-0.4, -0.2) is 25.7 Å². The Kier molecular flexibility index (Phi) is 4.84. The number of benzene rings is 1. The highest BCUT2D eigenvalue weighted by Crippen LogP contribution is 2.25. The lowest BCUT2D eigenvalue weighted by atomic mass is 10.0. The molecule has 0 spiro atoms. The Morgan fingerprint density at radius 2 is 2.11 bits per heavy atom. The molecule has 0 atom stereocenters. The summed E-state index contributed by atoms with van der Waals surface area (Å²) < 4.78 is 13.8. The third-order valence-corrected chi connectivity index (χ3v) is 3.66. The van der Waals surface area contributed by atoms with Crippen LogP contribution in [0.5, 0.6) is 0 Å². The highest BCUT2D eigenvalue weighted by atomic mass is 35.5. The lowest BCUT2D eigenvalue weighted by molar-refractivity contribution is 0.413. The van der Waals surface area contributed by atoms with Crippen molar-refractivity contribution in [3.8, 4) is 0 Å². The third-order valence-electron chi connectivity index (χ3n) is 3.43. The summed E-state index contributed by atoms with van der Waals surface area (Å²) in [6.45, 7) is 5.05. The zero-order chi connectivity index (χ0) is 13.0. The molecule has 0 amide bonds. The number of anilines is 1. The number of rotatable bonds is 4. The molecule has 1 aromatic rings. The van der Waals surface area contributed by atoms with E-state index in [1.807, 2.05) is 0 Å². The fraction of sp³-hybridized carbons (Fsp3) is 0.571. The minimum Gasteiger partial charge on any atom is -0.369 e. The molecular formula is C14H20ClFN2. The third kappa shape index (κ3) is 3.36. The Labute approximate surface area is 113 Å². The van der Waals surface area contributed by atoms with Crippen molar-refractivity contribution in [2.45, 2.75) is 32.2 Å². The summed E-state index contributed by atoms with van der Waals surface area (Å²) in [6.07, 6.45) is 3.30. The van der Waals surface area contributed by atoms with Crippen LogP contribution in [0.25, 0.3) is 0 Å². The smallest absolute Gasteiger partial charge is 0.147 e. The van der Waals surface area contributed by atoms with Gasteiger partial charge in [-0.25, -0.2) is 4.39 Å². The molecule has 1 heterocycles. The Bertz CT molecular complexity index is 389. The maximum Gasteiger partial charge on any atom is 0.147 e. The van der Waals surface area contributed by atoms with E-state index in [1.54, 1.807) is 12.1 Å². The molecule has 100 valence electrons. The summed E-state index contributed by atoms with van der Waals surface area (Å²) in [6, 6.07) is 5.49. The van der Waals surface area contributed by atoms with Crippen LogP contribution in [-0.2, 0) is 0 Å². The van der Waals surface area contributed by atoms with E-state index in [0.717, 1.165) is 38.9 Å². The predicted molar refractivity (Wildman–Crippen MR) is 74.9 cm³/mol. The number of hydrogen-bond acceptors (Lipinski definition) is 2. The van der Waals surface area contributed by atoms with Gasteiger partial charge >= 0.3 is 0 Å². The minimum absolute atomic E-state index is 0.220. The predicted octanol–water partition coefficient (Wildman–Crippen LogP) is 3.45. The average Bonchev–Trinajstić information content (AvgIpc) is 2.37. The van der Waals surface area contributed by atoms with Gasteiger partial charge in [0.2, 0.25) is 0 Å². The van der Waals surface area contributed by atoms with Crippen molar-refractivity contribution in [3.05, 3.63) is 29.0 Å². The first kappa shape index (κ1) is 13.6. The molecule has 0 saturated carbocycles. The Hall–Kier alpha value is -0.800. The van der Waals surface area contributed by atoms with Gasteiger partial charge < -0.3 is 10.2 Å². The van der Waals surface area contributed by atoms with Gasteiger partial charge in [-0.1, -0.05) is 18.5 Å². The zero-order valence-electron chi connectivity index (χ0n) is 10.8. The van der Waals surface area contributed by atoms with E-state index in [1.165, 1.54) is 6.07 Å². The summed E-state index contributed by atoms with van der Waals surface area (Å²) in [5.41, 5.74) is 0.674. The van der Waals surface area contributed by atoms with E-state index in [0.29, 0.717) is 16.8 Å². The van der Waals surface area contributed by atoms with Crippen molar-refractivity contribution in [2.24, 2.45) is 0 Å². The molecule has 1 aliphatic rings. The number of nitrogens with one attached hydrogen (secondary N) is 1. The van der Waals surface area contributed by atoms with Gasteiger partial charge in [-0.3, -0.25) is 0 Å². The van der Waals surface area contributed by atoms with E-state index >= 15 is 0 Å². The fourth-order valence-corrected chi connectivity index (χ4v) is 2.57. The summed E-state index contributed by atoms with van der Waals surface area (Å²) in [5.74, 6) is -0.220. The summed E-state index contributed by atoms with van der Waals surface area (Å²) in [7, 11) is 0. The highest BCUT2D eigenvalue weighted by Gasteiger charge is 2.20. The average molecular weight is 271 g/mol. The Morgan fingerprint density at radius 1 is 1.39 bits per heavy atom. The molecule has 0 unspecified atom stereocenters. The van der Waals surface area contributed by atoms with Gasteiger partial charge in [0.25, 0.3) is 0 Å². The standard InChI is InChI=1S/C14H20ClFN2/c1-2-7-17-12-5-8-18(9-6-12)14-4-3-11(15)10-13(14)16/h3-4,10,12,17H,2,5-9H2,1H3. The van der Waals surface area contributed by atoms with Crippen LogP contribution in [0.2, 0.25) is 5.02 Å². The van der Waals surface area contributed by atoms with Crippen molar-refractivity contribution in [1.82, 2.24) is 5.32 Å². The summed E-state index contributed by atoms with van der Waals surface area (Å²) in [5, 5.41) is 3.98. The number of piperidine rings is 1. The lowest BCUT2D eigenvalue weighted by Crippen LogP contribution is -2.43. The van der Waals surface area contributed by atoms with Crippen molar-refractivity contribution in [3.63, 3.8) is 0 Å². The molecule has 2 nitrogen and oxygen atoms in total. The molecule has 0 bridgehead atoms. The van der Waals surface area contributed by atoms with Gasteiger partial charge in [0, 0.05) is 24.2 Å². The molecule has 2 rings (SSSR count). The molecule has 1 fully saturated rings. The molecule has 1 saturated heterocycles. The number of nitrogens with zero attached hydrogens (tertiary/aromatic N) is 1. The second kappa shape index (κ2) is 6.39. The van der Waals surface area contributed by atoms with E-state index in [9.17, 15) is 4.39 Å². The monoisotopic (exact) mass is 270 g/mol. The van der Waals surface area contributed by atoms with Crippen LogP contribution in [0, 0.1) is 5.82 Å². The van der Waals surface area contributed by atoms with Crippen molar-refractivity contribution in [1.29, 1.82) is 0 Å². The molecular weight excluding hydrogens is 251 g/mol. The van der Waals surface area contributed by atoms with E-state index in [2.05, 4.69) is 17.1 Å². The van der Waals surface area contributed by atoms with Gasteiger partial charge in [0.15, 0.2) is 0 Å². The first-order chi connectivity index (χ1) is 8.70. The summed E-state index contributed by atoms with van der Waals surface area (Å²) >= 11 is 5.77. The molecule has 0 aliphatic carbocycles. The Morgan fingerprint density at radius 3 is 2.72 bits per heavy atom. The van der Waals surface area contributed by atoms with Crippen molar-refractivity contribution < 1.29 is 4.39 Å². The van der Waals surface area contributed by atoms with Crippen LogP contribution < -0.4 is 10.2 Å². The quantitative estimate of drug-likeness (QED) is 0.902. The van der Waals surface area contributed by atoms with Crippen molar-refractivity contribution >= 4 is 17.3 Å². The molecule has 4 heteroatoms. The molecule has 0 aromatic heterocycles. The lowest BCUT2D eigenvalue weighted by Gasteiger charge is -2.34. The van der Waals surface area contributed by atoms with Crippen molar-refractivity contribution in [2.75, 3.05) is 24.5 Å². The second-order valence-electron chi connectivity index (χ2n) is 4.81. The van der Waals surface area contributed by atoms with Crippen LogP contribution in [0.3, 0.4) is 0 Å².